The summed E-state index contributed by atoms with van der Waals surface area (Å²) in [5, 5.41) is 10.1. The van der Waals surface area contributed by atoms with Gasteiger partial charge in [-0.05, 0) is 75.6 Å². The Morgan fingerprint density at radius 2 is 1.85 bits per heavy atom. The van der Waals surface area contributed by atoms with Crippen LogP contribution in [0, 0.1) is 12.7 Å². The maximum Gasteiger partial charge on any atom is 0.251 e. The Morgan fingerprint density at radius 1 is 1.09 bits per heavy atom. The average Bonchev–Trinajstić information content (AvgIpc) is 3.27. The molecule has 0 aliphatic rings. The number of hydrogen-bond donors (Lipinski definition) is 2. The third-order valence-electron chi connectivity index (χ3n) is 5.59. The van der Waals surface area contributed by atoms with Crippen molar-refractivity contribution in [3.63, 3.8) is 0 Å². The fourth-order valence-corrected chi connectivity index (χ4v) is 3.67. The van der Waals surface area contributed by atoms with E-state index in [4.69, 9.17) is 0 Å². The van der Waals surface area contributed by atoms with E-state index in [9.17, 15) is 14.0 Å². The normalized spacial score (nSPS) is 11.8. The molecular formula is C26H31FN4O2. The van der Waals surface area contributed by atoms with Crippen LogP contribution in [0.15, 0.2) is 54.6 Å². The van der Waals surface area contributed by atoms with Crippen LogP contribution in [0.3, 0.4) is 0 Å². The van der Waals surface area contributed by atoms with Gasteiger partial charge in [0.25, 0.3) is 5.91 Å². The Labute approximate surface area is 194 Å². The number of unbranched alkanes of at least 4 members (excludes halogenated alkanes) is 2. The van der Waals surface area contributed by atoms with Gasteiger partial charge in [-0.3, -0.25) is 14.7 Å². The molecule has 0 spiro atoms. The third-order valence-corrected chi connectivity index (χ3v) is 5.59. The van der Waals surface area contributed by atoms with Crippen molar-refractivity contribution < 1.29 is 14.0 Å². The Bertz CT molecular complexity index is 1080. The van der Waals surface area contributed by atoms with Crippen LogP contribution in [0.25, 0.3) is 11.3 Å². The maximum atomic E-state index is 13.1. The molecule has 2 amide bonds. The number of hydrogen-bond acceptors (Lipinski definition) is 3. The molecule has 0 radical (unpaired) electrons. The highest BCUT2D eigenvalue weighted by Crippen LogP contribution is 2.19. The maximum absolute atomic E-state index is 13.1. The summed E-state index contributed by atoms with van der Waals surface area (Å²) in [5.41, 5.74) is 4.27. The highest BCUT2D eigenvalue weighted by Gasteiger charge is 2.20. The van der Waals surface area contributed by atoms with E-state index in [1.807, 2.05) is 25.1 Å². The van der Waals surface area contributed by atoms with Crippen LogP contribution in [0.2, 0.25) is 0 Å². The van der Waals surface area contributed by atoms with Crippen molar-refractivity contribution in [2.75, 3.05) is 13.6 Å². The number of benzene rings is 2. The lowest BCUT2D eigenvalue weighted by Crippen LogP contribution is -2.45. The van der Waals surface area contributed by atoms with E-state index in [-0.39, 0.29) is 17.6 Å². The van der Waals surface area contributed by atoms with Gasteiger partial charge in [0.2, 0.25) is 5.91 Å². The highest BCUT2D eigenvalue weighted by atomic mass is 19.1. The second-order valence-corrected chi connectivity index (χ2v) is 8.42. The van der Waals surface area contributed by atoms with E-state index in [1.165, 1.54) is 12.1 Å². The molecule has 3 rings (SSSR count). The molecule has 1 atom stereocenters. The summed E-state index contributed by atoms with van der Waals surface area (Å²) in [7, 11) is 1.77. The number of likely N-dealkylation sites (N-methyl/N-ethyl adjacent to an activating group) is 1. The van der Waals surface area contributed by atoms with Gasteiger partial charge in [0.15, 0.2) is 0 Å². The number of aromatic nitrogens is 2. The number of halogens is 1. The monoisotopic (exact) mass is 450 g/mol. The summed E-state index contributed by atoms with van der Waals surface area (Å²) < 4.78 is 13.1. The molecule has 1 heterocycles. The molecule has 0 bridgehead atoms. The Balaban J connectivity index is 1.36. The number of rotatable bonds is 10. The molecule has 0 fully saturated rings. The van der Waals surface area contributed by atoms with E-state index in [1.54, 1.807) is 43.1 Å². The Hall–Kier alpha value is -3.48. The number of aromatic amines is 1. The van der Waals surface area contributed by atoms with Crippen molar-refractivity contribution in [1.82, 2.24) is 20.4 Å². The first-order chi connectivity index (χ1) is 15.8. The molecule has 1 aromatic heterocycles. The molecule has 0 aliphatic heterocycles. The Kier molecular flexibility index (Phi) is 8.35. The van der Waals surface area contributed by atoms with Crippen LogP contribution < -0.4 is 5.32 Å². The predicted octanol–water partition coefficient (Wildman–Crippen LogP) is 4.51. The lowest BCUT2D eigenvalue weighted by Gasteiger charge is -2.22. The first-order valence-electron chi connectivity index (χ1n) is 11.3. The molecule has 0 saturated heterocycles. The molecular weight excluding hydrogens is 419 g/mol. The SMILES string of the molecule is Cc1cccc(C(=O)NC(C)C(=O)N(C)CCCCCc2cc(-c3ccc(F)cc3)n[nH]2)c1. The average molecular weight is 451 g/mol. The van der Waals surface area contributed by atoms with E-state index >= 15 is 0 Å². The number of carbonyl (C=O) groups is 2. The molecule has 33 heavy (non-hydrogen) atoms. The minimum Gasteiger partial charge on any atom is -0.344 e. The standard InChI is InChI=1S/C26H31FN4O2/c1-18-8-7-9-21(16-18)25(32)28-19(2)26(33)31(3)15-6-4-5-10-23-17-24(30-29-23)20-11-13-22(27)14-12-20/h7-9,11-14,16-17,19H,4-6,10,15H2,1-3H3,(H,28,32)(H,29,30). The zero-order valence-electron chi connectivity index (χ0n) is 19.4. The van der Waals surface area contributed by atoms with Gasteiger partial charge in [-0.15, -0.1) is 0 Å². The van der Waals surface area contributed by atoms with Crippen LogP contribution in [-0.2, 0) is 11.2 Å². The predicted molar refractivity (Wildman–Crippen MR) is 127 cm³/mol. The summed E-state index contributed by atoms with van der Waals surface area (Å²) in [4.78, 5) is 26.6. The number of carbonyl (C=O) groups excluding carboxylic acids is 2. The summed E-state index contributed by atoms with van der Waals surface area (Å²) in [6, 6.07) is 15.0. The number of aryl methyl sites for hydroxylation is 2. The van der Waals surface area contributed by atoms with E-state index in [2.05, 4.69) is 15.5 Å². The molecule has 2 aromatic carbocycles. The fourth-order valence-electron chi connectivity index (χ4n) is 3.67. The van der Waals surface area contributed by atoms with Gasteiger partial charge >= 0.3 is 0 Å². The molecule has 2 N–H and O–H groups in total. The third kappa shape index (κ3) is 7.00. The van der Waals surface area contributed by atoms with Gasteiger partial charge in [0.1, 0.15) is 11.9 Å². The number of nitrogens with zero attached hydrogens (tertiary/aromatic N) is 2. The number of amides is 2. The molecule has 0 aliphatic carbocycles. The summed E-state index contributed by atoms with van der Waals surface area (Å²) >= 11 is 0. The first kappa shape index (κ1) is 24.2. The smallest absolute Gasteiger partial charge is 0.251 e. The zero-order chi connectivity index (χ0) is 23.8. The molecule has 7 heteroatoms. The lowest BCUT2D eigenvalue weighted by molar-refractivity contribution is -0.131. The highest BCUT2D eigenvalue weighted by molar-refractivity contribution is 5.97. The van der Waals surface area contributed by atoms with Crippen LogP contribution in [0.5, 0.6) is 0 Å². The molecule has 6 nitrogen and oxygen atoms in total. The van der Waals surface area contributed by atoms with Crippen molar-refractivity contribution in [2.24, 2.45) is 0 Å². The van der Waals surface area contributed by atoms with Gasteiger partial charge in [-0.25, -0.2) is 4.39 Å². The van der Waals surface area contributed by atoms with Crippen LogP contribution in [0.1, 0.15) is 47.8 Å². The topological polar surface area (TPSA) is 78.1 Å². The largest absolute Gasteiger partial charge is 0.344 e. The lowest BCUT2D eigenvalue weighted by atomic mass is 10.1. The minimum atomic E-state index is -0.585. The van der Waals surface area contributed by atoms with Crippen molar-refractivity contribution in [3.05, 3.63) is 77.2 Å². The first-order valence-corrected chi connectivity index (χ1v) is 11.3. The van der Waals surface area contributed by atoms with Crippen molar-refractivity contribution in [2.45, 2.75) is 45.6 Å². The quantitative estimate of drug-likeness (QED) is 0.446. The molecule has 0 saturated carbocycles. The fraction of sp³-hybridized carbons (Fsp3) is 0.346. The minimum absolute atomic E-state index is 0.103. The van der Waals surface area contributed by atoms with Gasteiger partial charge in [-0.1, -0.05) is 24.1 Å². The second kappa shape index (κ2) is 11.4. The molecule has 174 valence electrons. The zero-order valence-corrected chi connectivity index (χ0v) is 19.4. The molecule has 3 aromatic rings. The second-order valence-electron chi connectivity index (χ2n) is 8.42. The number of nitrogens with one attached hydrogen (secondary N) is 2. The van der Waals surface area contributed by atoms with Crippen molar-refractivity contribution in [3.8, 4) is 11.3 Å². The van der Waals surface area contributed by atoms with Gasteiger partial charge in [0, 0.05) is 30.4 Å². The van der Waals surface area contributed by atoms with Gasteiger partial charge in [-0.2, -0.15) is 5.10 Å². The van der Waals surface area contributed by atoms with Crippen LogP contribution in [-0.4, -0.2) is 46.5 Å². The molecule has 1 unspecified atom stereocenters. The van der Waals surface area contributed by atoms with Gasteiger partial charge in [0.05, 0.1) is 5.69 Å². The van der Waals surface area contributed by atoms with Crippen molar-refractivity contribution in [1.29, 1.82) is 0 Å². The van der Waals surface area contributed by atoms with E-state index < -0.39 is 6.04 Å². The number of H-pyrrole nitrogens is 1. The summed E-state index contributed by atoms with van der Waals surface area (Å²) in [6.45, 7) is 4.27. The Morgan fingerprint density at radius 3 is 2.58 bits per heavy atom. The van der Waals surface area contributed by atoms with Gasteiger partial charge < -0.3 is 10.2 Å². The summed E-state index contributed by atoms with van der Waals surface area (Å²) in [5.74, 6) is -0.609. The summed E-state index contributed by atoms with van der Waals surface area (Å²) in [6.07, 6.45) is 3.66. The van der Waals surface area contributed by atoms with E-state index in [0.29, 0.717) is 12.1 Å². The van der Waals surface area contributed by atoms with Crippen LogP contribution in [0.4, 0.5) is 4.39 Å². The van der Waals surface area contributed by atoms with Crippen LogP contribution >= 0.6 is 0 Å². The van der Waals surface area contributed by atoms with E-state index in [0.717, 1.165) is 48.2 Å². The van der Waals surface area contributed by atoms with Crippen molar-refractivity contribution >= 4 is 11.8 Å².